The number of carbonyl (C=O) groups excluding carboxylic acids is 3. The summed E-state index contributed by atoms with van der Waals surface area (Å²) in [5.41, 5.74) is -2.91. The van der Waals surface area contributed by atoms with Crippen LogP contribution in [0.15, 0.2) is 22.4 Å². The second kappa shape index (κ2) is 7.61. The fraction of sp³-hybridized carbons (Fsp3) is 0.650. The van der Waals surface area contributed by atoms with Crippen molar-refractivity contribution in [2.45, 2.75) is 70.3 Å². The van der Waals surface area contributed by atoms with Crippen LogP contribution in [0.4, 0.5) is 0 Å². The molecule has 154 valence electrons. The molecule has 2 heterocycles. The number of fused-ring (bicyclic) bond motifs is 1. The number of carbonyl (C=O) groups is 3. The summed E-state index contributed by atoms with van der Waals surface area (Å²) in [4.78, 5) is 40.0. The van der Waals surface area contributed by atoms with Gasteiger partial charge in [0.05, 0.1) is 5.03 Å². The average molecular weight is 412 g/mol. The van der Waals surface area contributed by atoms with E-state index in [-0.39, 0.29) is 22.6 Å². The molecule has 0 saturated carbocycles. The quantitative estimate of drug-likeness (QED) is 0.547. The number of ketones is 2. The Labute approximate surface area is 169 Å². The fourth-order valence-corrected chi connectivity index (χ4v) is 4.52. The van der Waals surface area contributed by atoms with Gasteiger partial charge in [0.15, 0.2) is 5.72 Å². The van der Waals surface area contributed by atoms with Crippen molar-refractivity contribution in [3.05, 3.63) is 22.4 Å². The summed E-state index contributed by atoms with van der Waals surface area (Å²) in [6.45, 7) is 6.06. The van der Waals surface area contributed by atoms with Gasteiger partial charge in [-0.25, -0.2) is 0 Å². The van der Waals surface area contributed by atoms with E-state index in [0.717, 1.165) is 12.8 Å². The first-order chi connectivity index (χ1) is 13.2. The summed E-state index contributed by atoms with van der Waals surface area (Å²) in [7, 11) is 0. The Balaban J connectivity index is 2.10. The second-order valence-corrected chi connectivity index (χ2v) is 7.96. The summed E-state index contributed by atoms with van der Waals surface area (Å²) in [5, 5.41) is 10.9. The van der Waals surface area contributed by atoms with Crippen LogP contribution in [0.1, 0.15) is 52.9 Å². The highest BCUT2D eigenvalue weighted by Crippen LogP contribution is 2.47. The van der Waals surface area contributed by atoms with Crippen molar-refractivity contribution in [1.82, 2.24) is 4.90 Å². The van der Waals surface area contributed by atoms with E-state index in [4.69, 9.17) is 21.1 Å². The SMILES string of the molecule is CCCC(=O)O[C@]1(C)C(=O)C2=CN(CCC)[C@@]3(CCCO3)[C@H](O)C2=C(Cl)C1=O. The second-order valence-electron chi connectivity index (χ2n) is 7.58. The number of hydrogen-bond acceptors (Lipinski definition) is 7. The van der Waals surface area contributed by atoms with Gasteiger partial charge in [0, 0.05) is 43.3 Å². The Morgan fingerprint density at radius 3 is 2.64 bits per heavy atom. The standard InChI is InChI=1S/C20H26ClNO6/c1-4-7-13(23)28-19(3)16(24)12-11-22(9-5-2)20(8-6-10-27-20)17(25)14(12)15(21)18(19)26/h11,17,25H,4-10H2,1-3H3/t17-,19-,20-/m1/s1. The maximum absolute atomic E-state index is 13.2. The van der Waals surface area contributed by atoms with Crippen molar-refractivity contribution >= 4 is 29.1 Å². The monoisotopic (exact) mass is 411 g/mol. The Kier molecular flexibility index (Phi) is 5.71. The number of ether oxygens (including phenoxy) is 2. The molecule has 0 radical (unpaired) electrons. The first-order valence-corrected chi connectivity index (χ1v) is 10.1. The first kappa shape index (κ1) is 21.0. The largest absolute Gasteiger partial charge is 0.442 e. The van der Waals surface area contributed by atoms with Crippen molar-refractivity contribution in [2.75, 3.05) is 13.2 Å². The first-order valence-electron chi connectivity index (χ1n) is 9.75. The molecule has 1 saturated heterocycles. The normalized spacial score (nSPS) is 32.7. The number of halogens is 1. The van der Waals surface area contributed by atoms with Crippen LogP contribution in [0.2, 0.25) is 0 Å². The molecule has 3 atom stereocenters. The van der Waals surface area contributed by atoms with Gasteiger partial charge in [0.1, 0.15) is 6.10 Å². The molecule has 1 spiro atoms. The van der Waals surface area contributed by atoms with Crippen molar-refractivity contribution < 1.29 is 29.0 Å². The van der Waals surface area contributed by atoms with E-state index in [2.05, 4.69) is 0 Å². The number of aliphatic hydroxyl groups is 1. The van der Waals surface area contributed by atoms with E-state index in [0.29, 0.717) is 26.0 Å². The molecule has 1 N–H and O–H groups in total. The highest BCUT2D eigenvalue weighted by Gasteiger charge is 2.59. The van der Waals surface area contributed by atoms with Gasteiger partial charge in [-0.1, -0.05) is 25.4 Å². The van der Waals surface area contributed by atoms with Crippen LogP contribution in [0, 0.1) is 0 Å². The fourth-order valence-electron chi connectivity index (χ4n) is 4.13. The molecule has 2 aliphatic heterocycles. The molecule has 0 unspecified atom stereocenters. The third-order valence-corrected chi connectivity index (χ3v) is 5.95. The number of nitrogens with zero attached hydrogens (tertiary/aromatic N) is 1. The maximum atomic E-state index is 13.2. The predicted octanol–water partition coefficient (Wildman–Crippen LogP) is 2.21. The van der Waals surface area contributed by atoms with Crippen LogP contribution in [0.5, 0.6) is 0 Å². The number of Topliss-reactive ketones (excluding diaryl/α,β-unsaturated/α-hetero) is 2. The lowest BCUT2D eigenvalue weighted by Gasteiger charge is -2.49. The maximum Gasteiger partial charge on any atom is 0.307 e. The molecule has 1 aliphatic carbocycles. The molecule has 3 rings (SSSR count). The van der Waals surface area contributed by atoms with Gasteiger partial charge < -0.3 is 19.5 Å². The van der Waals surface area contributed by atoms with Gasteiger partial charge in [-0.05, 0) is 26.2 Å². The van der Waals surface area contributed by atoms with Gasteiger partial charge in [-0.3, -0.25) is 14.4 Å². The van der Waals surface area contributed by atoms with E-state index in [1.807, 2.05) is 11.8 Å². The molecule has 8 heteroatoms. The summed E-state index contributed by atoms with van der Waals surface area (Å²) in [5.74, 6) is -2.13. The van der Waals surface area contributed by atoms with E-state index in [1.54, 1.807) is 13.1 Å². The van der Waals surface area contributed by atoms with Crippen LogP contribution < -0.4 is 0 Å². The predicted molar refractivity (Wildman–Crippen MR) is 101 cm³/mol. The van der Waals surface area contributed by atoms with E-state index in [9.17, 15) is 19.5 Å². The van der Waals surface area contributed by atoms with Gasteiger partial charge in [0.2, 0.25) is 17.2 Å². The molecule has 28 heavy (non-hydrogen) atoms. The minimum atomic E-state index is -2.03. The number of aliphatic hydroxyl groups excluding tert-OH is 1. The van der Waals surface area contributed by atoms with Crippen LogP contribution in [0.25, 0.3) is 0 Å². The number of esters is 1. The van der Waals surface area contributed by atoms with Crippen molar-refractivity contribution in [1.29, 1.82) is 0 Å². The zero-order valence-electron chi connectivity index (χ0n) is 16.4. The molecule has 0 bridgehead atoms. The van der Waals surface area contributed by atoms with E-state index >= 15 is 0 Å². The van der Waals surface area contributed by atoms with Crippen LogP contribution >= 0.6 is 11.6 Å². The Morgan fingerprint density at radius 2 is 2.07 bits per heavy atom. The molecule has 7 nitrogen and oxygen atoms in total. The molecule has 3 aliphatic rings. The molecular formula is C20H26ClNO6. The summed E-state index contributed by atoms with van der Waals surface area (Å²) >= 11 is 6.34. The topological polar surface area (TPSA) is 93.1 Å². The van der Waals surface area contributed by atoms with Gasteiger partial charge in [-0.15, -0.1) is 0 Å². The molecule has 0 aromatic carbocycles. The molecule has 0 amide bonds. The third-order valence-electron chi connectivity index (χ3n) is 5.58. The van der Waals surface area contributed by atoms with Gasteiger partial charge in [-0.2, -0.15) is 0 Å². The summed E-state index contributed by atoms with van der Waals surface area (Å²) in [6, 6.07) is 0. The van der Waals surface area contributed by atoms with Gasteiger partial charge >= 0.3 is 5.97 Å². The molecule has 1 fully saturated rings. The number of hydrogen-bond donors (Lipinski definition) is 1. The van der Waals surface area contributed by atoms with Crippen LogP contribution in [-0.4, -0.2) is 58.1 Å². The molecule has 0 aromatic rings. The van der Waals surface area contributed by atoms with Crippen molar-refractivity contribution in [3.63, 3.8) is 0 Å². The third kappa shape index (κ3) is 3.00. The lowest BCUT2D eigenvalue weighted by molar-refractivity contribution is -0.173. The highest BCUT2D eigenvalue weighted by molar-refractivity contribution is 6.49. The van der Waals surface area contributed by atoms with E-state index in [1.165, 1.54) is 6.92 Å². The minimum Gasteiger partial charge on any atom is -0.442 e. The van der Waals surface area contributed by atoms with Crippen molar-refractivity contribution in [3.8, 4) is 0 Å². The lowest BCUT2D eigenvalue weighted by Crippen LogP contribution is -2.62. The smallest absolute Gasteiger partial charge is 0.307 e. The molecular weight excluding hydrogens is 386 g/mol. The average Bonchev–Trinajstić information content (AvgIpc) is 3.14. The molecule has 0 aromatic heterocycles. The highest BCUT2D eigenvalue weighted by atomic mass is 35.5. The van der Waals surface area contributed by atoms with E-state index < -0.39 is 35.0 Å². The Hall–Kier alpha value is -1.70. The Morgan fingerprint density at radius 1 is 1.36 bits per heavy atom. The summed E-state index contributed by atoms with van der Waals surface area (Å²) in [6.07, 6.45) is 3.03. The van der Waals surface area contributed by atoms with Crippen LogP contribution in [-0.2, 0) is 23.9 Å². The number of rotatable bonds is 5. The van der Waals surface area contributed by atoms with Crippen LogP contribution in [0.3, 0.4) is 0 Å². The van der Waals surface area contributed by atoms with Crippen molar-refractivity contribution in [2.24, 2.45) is 0 Å². The van der Waals surface area contributed by atoms with Gasteiger partial charge in [0.25, 0.3) is 0 Å². The lowest BCUT2D eigenvalue weighted by atomic mass is 9.74. The summed E-state index contributed by atoms with van der Waals surface area (Å²) < 4.78 is 11.2. The zero-order chi connectivity index (χ0) is 20.7. The minimum absolute atomic E-state index is 0.0648. The zero-order valence-corrected chi connectivity index (χ0v) is 17.2. The Bertz CT molecular complexity index is 767.